The first-order chi connectivity index (χ1) is 13.1. The van der Waals surface area contributed by atoms with Crippen molar-refractivity contribution >= 4 is 11.6 Å². The van der Waals surface area contributed by atoms with Crippen molar-refractivity contribution in [2.75, 3.05) is 7.11 Å². The average molecular weight is 386 g/mol. The van der Waals surface area contributed by atoms with E-state index in [4.69, 9.17) is 21.1 Å². The molecule has 140 valence electrons. The summed E-state index contributed by atoms with van der Waals surface area (Å²) in [5.74, 6) is 1.25. The van der Waals surface area contributed by atoms with Crippen molar-refractivity contribution in [1.82, 2.24) is 5.32 Å². The molecule has 3 aromatic rings. The lowest BCUT2D eigenvalue weighted by Gasteiger charge is -2.10. The van der Waals surface area contributed by atoms with Gasteiger partial charge in [-0.15, -0.1) is 0 Å². The third-order valence-corrected chi connectivity index (χ3v) is 4.48. The highest BCUT2D eigenvalue weighted by molar-refractivity contribution is 6.31. The predicted molar refractivity (Wildman–Crippen MR) is 106 cm³/mol. The maximum atomic E-state index is 13.1. The number of hydrogen-bond donors (Lipinski definition) is 1. The zero-order valence-corrected chi connectivity index (χ0v) is 15.8. The van der Waals surface area contributed by atoms with Gasteiger partial charge in [-0.3, -0.25) is 0 Å². The van der Waals surface area contributed by atoms with Crippen LogP contribution >= 0.6 is 11.6 Å². The summed E-state index contributed by atoms with van der Waals surface area (Å²) in [7, 11) is 1.66. The van der Waals surface area contributed by atoms with Crippen molar-refractivity contribution in [2.45, 2.75) is 19.7 Å². The standard InChI is InChI=1S/C22H21ClFNO2/c1-26-20-9-5-16(6-10-20)13-25-14-17-3-2-4-21(11-17)27-15-18-7-8-19(24)12-22(18)23/h2-12,25H,13-15H2,1H3. The van der Waals surface area contributed by atoms with Crippen molar-refractivity contribution in [3.8, 4) is 11.5 Å². The number of benzene rings is 3. The maximum absolute atomic E-state index is 13.1. The first kappa shape index (κ1) is 19.2. The molecule has 3 rings (SSSR count). The Morgan fingerprint density at radius 2 is 1.67 bits per heavy atom. The van der Waals surface area contributed by atoms with E-state index in [9.17, 15) is 4.39 Å². The minimum atomic E-state index is -0.353. The molecule has 5 heteroatoms. The van der Waals surface area contributed by atoms with Crippen LogP contribution < -0.4 is 14.8 Å². The van der Waals surface area contributed by atoms with Crippen LogP contribution in [0.2, 0.25) is 5.02 Å². The summed E-state index contributed by atoms with van der Waals surface area (Å²) in [6.45, 7) is 1.78. The van der Waals surface area contributed by atoms with E-state index in [1.165, 1.54) is 17.7 Å². The largest absolute Gasteiger partial charge is 0.497 e. The lowest BCUT2D eigenvalue weighted by molar-refractivity contribution is 0.306. The highest BCUT2D eigenvalue weighted by Gasteiger charge is 2.04. The molecule has 0 fully saturated rings. The van der Waals surface area contributed by atoms with Gasteiger partial charge in [0.25, 0.3) is 0 Å². The Morgan fingerprint density at radius 1 is 0.889 bits per heavy atom. The Balaban J connectivity index is 1.52. The first-order valence-corrected chi connectivity index (χ1v) is 9.01. The quantitative estimate of drug-likeness (QED) is 0.566. The van der Waals surface area contributed by atoms with Gasteiger partial charge in [0.2, 0.25) is 0 Å². The van der Waals surface area contributed by atoms with Gasteiger partial charge in [-0.1, -0.05) is 41.9 Å². The SMILES string of the molecule is COc1ccc(CNCc2cccc(OCc3ccc(F)cc3Cl)c2)cc1. The van der Waals surface area contributed by atoms with Crippen LogP contribution in [0.3, 0.4) is 0 Å². The molecule has 0 bridgehead atoms. The summed E-state index contributed by atoms with van der Waals surface area (Å²) in [6.07, 6.45) is 0. The van der Waals surface area contributed by atoms with E-state index in [0.717, 1.165) is 35.7 Å². The van der Waals surface area contributed by atoms with Gasteiger partial charge in [0.1, 0.15) is 23.9 Å². The third kappa shape index (κ3) is 5.71. The van der Waals surface area contributed by atoms with Crippen LogP contribution in [-0.4, -0.2) is 7.11 Å². The van der Waals surface area contributed by atoms with Crippen molar-refractivity contribution in [2.24, 2.45) is 0 Å². The number of methoxy groups -OCH3 is 1. The van der Waals surface area contributed by atoms with Gasteiger partial charge in [-0.05, 0) is 47.5 Å². The molecule has 0 spiro atoms. The number of halogens is 2. The zero-order chi connectivity index (χ0) is 19.1. The zero-order valence-electron chi connectivity index (χ0n) is 15.0. The molecule has 0 aliphatic carbocycles. The van der Waals surface area contributed by atoms with Crippen molar-refractivity contribution in [3.63, 3.8) is 0 Å². The maximum Gasteiger partial charge on any atom is 0.124 e. The fraction of sp³-hybridized carbons (Fsp3) is 0.182. The van der Waals surface area contributed by atoms with Crippen LogP contribution in [0, 0.1) is 5.82 Å². The van der Waals surface area contributed by atoms with E-state index in [0.29, 0.717) is 11.6 Å². The summed E-state index contributed by atoms with van der Waals surface area (Å²) < 4.78 is 24.1. The van der Waals surface area contributed by atoms with E-state index in [2.05, 4.69) is 5.32 Å². The van der Waals surface area contributed by atoms with Crippen LogP contribution in [0.15, 0.2) is 66.7 Å². The molecule has 0 atom stereocenters. The fourth-order valence-electron chi connectivity index (χ4n) is 2.64. The molecular formula is C22H21ClFNO2. The summed E-state index contributed by atoms with van der Waals surface area (Å²) in [5.41, 5.74) is 3.06. The molecule has 0 aromatic heterocycles. The Labute approximate surface area is 163 Å². The second kappa shape index (κ2) is 9.40. The molecule has 27 heavy (non-hydrogen) atoms. The third-order valence-electron chi connectivity index (χ3n) is 4.13. The Bertz CT molecular complexity index is 884. The minimum absolute atomic E-state index is 0.293. The van der Waals surface area contributed by atoms with Gasteiger partial charge in [-0.2, -0.15) is 0 Å². The normalized spacial score (nSPS) is 10.6. The van der Waals surface area contributed by atoms with Gasteiger partial charge in [0.05, 0.1) is 12.1 Å². The molecule has 1 N–H and O–H groups in total. The molecule has 0 saturated carbocycles. The van der Waals surface area contributed by atoms with Gasteiger partial charge < -0.3 is 14.8 Å². The molecule has 0 aliphatic rings. The highest BCUT2D eigenvalue weighted by atomic mass is 35.5. The van der Waals surface area contributed by atoms with Crippen molar-refractivity contribution in [3.05, 3.63) is 94.3 Å². The molecule has 0 radical (unpaired) electrons. The van der Waals surface area contributed by atoms with E-state index < -0.39 is 0 Å². The molecule has 0 saturated heterocycles. The molecule has 0 unspecified atom stereocenters. The number of hydrogen-bond acceptors (Lipinski definition) is 3. The number of rotatable bonds is 8. The van der Waals surface area contributed by atoms with Gasteiger partial charge >= 0.3 is 0 Å². The minimum Gasteiger partial charge on any atom is -0.497 e. The van der Waals surface area contributed by atoms with Gasteiger partial charge in [0.15, 0.2) is 0 Å². The molecule has 0 aliphatic heterocycles. The van der Waals surface area contributed by atoms with Crippen LogP contribution in [-0.2, 0) is 19.7 Å². The van der Waals surface area contributed by atoms with Gasteiger partial charge in [0, 0.05) is 18.7 Å². The second-order valence-corrected chi connectivity index (χ2v) is 6.53. The molecule has 3 aromatic carbocycles. The summed E-state index contributed by atoms with van der Waals surface area (Å²) >= 11 is 6.03. The van der Waals surface area contributed by atoms with Crippen molar-refractivity contribution in [1.29, 1.82) is 0 Å². The second-order valence-electron chi connectivity index (χ2n) is 6.12. The molecule has 0 heterocycles. The molecule has 0 amide bonds. The monoisotopic (exact) mass is 385 g/mol. The van der Waals surface area contributed by atoms with Crippen LogP contribution in [0.1, 0.15) is 16.7 Å². The Hall–Kier alpha value is -2.56. The van der Waals surface area contributed by atoms with Crippen LogP contribution in [0.5, 0.6) is 11.5 Å². The van der Waals surface area contributed by atoms with Crippen molar-refractivity contribution < 1.29 is 13.9 Å². The van der Waals surface area contributed by atoms with E-state index in [1.54, 1.807) is 13.2 Å². The van der Waals surface area contributed by atoms with E-state index in [1.807, 2.05) is 48.5 Å². The molecular weight excluding hydrogens is 365 g/mol. The Morgan fingerprint density at radius 3 is 2.41 bits per heavy atom. The summed E-state index contributed by atoms with van der Waals surface area (Å²) in [4.78, 5) is 0. The average Bonchev–Trinajstić information content (AvgIpc) is 2.68. The first-order valence-electron chi connectivity index (χ1n) is 8.63. The predicted octanol–water partition coefficient (Wildman–Crippen LogP) is 5.36. The lowest BCUT2D eigenvalue weighted by Crippen LogP contribution is -2.12. The lowest BCUT2D eigenvalue weighted by atomic mass is 10.2. The van der Waals surface area contributed by atoms with Crippen LogP contribution in [0.4, 0.5) is 4.39 Å². The highest BCUT2D eigenvalue weighted by Crippen LogP contribution is 2.21. The summed E-state index contributed by atoms with van der Waals surface area (Å²) in [5, 5.41) is 3.78. The summed E-state index contributed by atoms with van der Waals surface area (Å²) in [6, 6.07) is 20.2. The topological polar surface area (TPSA) is 30.5 Å². The van der Waals surface area contributed by atoms with E-state index in [-0.39, 0.29) is 5.82 Å². The van der Waals surface area contributed by atoms with Crippen LogP contribution in [0.25, 0.3) is 0 Å². The smallest absolute Gasteiger partial charge is 0.124 e. The fourth-order valence-corrected chi connectivity index (χ4v) is 2.86. The molecule has 3 nitrogen and oxygen atoms in total. The van der Waals surface area contributed by atoms with E-state index >= 15 is 0 Å². The number of ether oxygens (including phenoxy) is 2. The number of nitrogens with one attached hydrogen (secondary N) is 1. The Kier molecular flexibility index (Phi) is 6.69. The van der Waals surface area contributed by atoms with Gasteiger partial charge in [-0.25, -0.2) is 4.39 Å².